The van der Waals surface area contributed by atoms with Gasteiger partial charge in [-0.2, -0.15) is 0 Å². The van der Waals surface area contributed by atoms with Crippen molar-refractivity contribution in [3.05, 3.63) is 77.5 Å². The van der Waals surface area contributed by atoms with E-state index in [9.17, 15) is 19.5 Å². The van der Waals surface area contributed by atoms with Crippen LogP contribution in [0.5, 0.6) is 0 Å². The summed E-state index contributed by atoms with van der Waals surface area (Å²) in [5, 5.41) is 10.1. The molecule has 0 radical (unpaired) electrons. The summed E-state index contributed by atoms with van der Waals surface area (Å²) in [4.78, 5) is 39.4. The molecule has 0 fully saturated rings. The summed E-state index contributed by atoms with van der Waals surface area (Å²) in [7, 11) is 1.28. The van der Waals surface area contributed by atoms with Crippen molar-refractivity contribution >= 4 is 40.3 Å². The molecule has 1 heterocycles. The van der Waals surface area contributed by atoms with Gasteiger partial charge in [-0.15, -0.1) is 0 Å². The fourth-order valence-electron chi connectivity index (χ4n) is 2.59. The molecule has 1 aromatic heterocycles. The van der Waals surface area contributed by atoms with E-state index in [1.54, 1.807) is 30.3 Å². The molecule has 0 aliphatic heterocycles. The number of carbonyl (C=O) groups is 3. The van der Waals surface area contributed by atoms with Gasteiger partial charge in [0.1, 0.15) is 0 Å². The van der Waals surface area contributed by atoms with Crippen LogP contribution in [0.3, 0.4) is 0 Å². The van der Waals surface area contributed by atoms with E-state index in [2.05, 4.69) is 9.72 Å². The van der Waals surface area contributed by atoms with Crippen LogP contribution in [-0.4, -0.2) is 34.9 Å². The van der Waals surface area contributed by atoms with Crippen molar-refractivity contribution in [2.45, 2.75) is 0 Å². The number of aliphatic carboxylic acids is 1. The lowest BCUT2D eigenvalue weighted by Crippen LogP contribution is -2.15. The Morgan fingerprint density at radius 2 is 1.67 bits per heavy atom. The summed E-state index contributed by atoms with van der Waals surface area (Å²) in [5.41, 5.74) is 1.78. The number of ketones is 1. The first kappa shape index (κ1) is 18.0. The maximum Gasteiger partial charge on any atom is 0.377 e. The quantitative estimate of drug-likeness (QED) is 0.426. The second-order valence-corrected chi connectivity index (χ2v) is 5.70. The number of carbonyl (C=O) groups excluding carboxylic acids is 2. The molecule has 3 aromatic rings. The Hall–Kier alpha value is -3.80. The number of hydrogen-bond acceptors (Lipinski definition) is 5. The number of methoxy groups -OCH3 is 1. The zero-order chi connectivity index (χ0) is 19.4. The topological polar surface area (TPSA) is 93.6 Å². The van der Waals surface area contributed by atoms with E-state index in [1.807, 2.05) is 18.2 Å². The molecule has 27 heavy (non-hydrogen) atoms. The first-order valence-electron chi connectivity index (χ1n) is 8.03. The number of aromatic nitrogens is 1. The van der Waals surface area contributed by atoms with Crippen molar-refractivity contribution < 1.29 is 24.2 Å². The van der Waals surface area contributed by atoms with Gasteiger partial charge < -0.3 is 9.84 Å². The third-order valence-corrected chi connectivity index (χ3v) is 3.96. The molecule has 6 heteroatoms. The number of carboxylic acid groups (broad SMARTS) is 1. The van der Waals surface area contributed by atoms with Crippen LogP contribution in [0.1, 0.15) is 21.6 Å². The van der Waals surface area contributed by atoms with Gasteiger partial charge in [-0.1, -0.05) is 36.4 Å². The Morgan fingerprint density at radius 3 is 2.33 bits per heavy atom. The minimum atomic E-state index is -1.57. The van der Waals surface area contributed by atoms with Crippen LogP contribution < -0.4 is 0 Å². The Balaban J connectivity index is 2.07. The third-order valence-electron chi connectivity index (χ3n) is 3.96. The van der Waals surface area contributed by atoms with E-state index in [-0.39, 0.29) is 11.3 Å². The van der Waals surface area contributed by atoms with Crippen LogP contribution in [0, 0.1) is 0 Å². The molecule has 0 aliphatic rings. The molecule has 0 saturated heterocycles. The van der Waals surface area contributed by atoms with Gasteiger partial charge >= 0.3 is 11.9 Å². The third kappa shape index (κ3) is 3.90. The fourth-order valence-corrected chi connectivity index (χ4v) is 2.59. The van der Waals surface area contributed by atoms with Gasteiger partial charge in [0.15, 0.2) is 0 Å². The van der Waals surface area contributed by atoms with Crippen molar-refractivity contribution in [2.24, 2.45) is 0 Å². The molecule has 2 aromatic carbocycles. The van der Waals surface area contributed by atoms with Crippen molar-refractivity contribution in [2.75, 3.05) is 7.11 Å². The Kier molecular flexibility index (Phi) is 5.08. The summed E-state index contributed by atoms with van der Waals surface area (Å²) in [6, 6.07) is 17.0. The van der Waals surface area contributed by atoms with Crippen LogP contribution in [0.25, 0.3) is 22.6 Å². The minimum Gasteiger partial charge on any atom is -0.475 e. The van der Waals surface area contributed by atoms with Crippen molar-refractivity contribution in [1.82, 2.24) is 4.98 Å². The second-order valence-electron chi connectivity index (χ2n) is 5.70. The van der Waals surface area contributed by atoms with Crippen LogP contribution in [-0.2, 0) is 14.3 Å². The molecule has 0 amide bonds. The highest BCUT2D eigenvalue weighted by atomic mass is 16.5. The van der Waals surface area contributed by atoms with Crippen LogP contribution >= 0.6 is 0 Å². The average molecular weight is 361 g/mol. The lowest BCUT2D eigenvalue weighted by atomic mass is 10.0. The molecule has 0 atom stereocenters. The lowest BCUT2D eigenvalue weighted by Gasteiger charge is -2.06. The van der Waals surface area contributed by atoms with E-state index in [0.29, 0.717) is 16.6 Å². The van der Waals surface area contributed by atoms with Crippen LogP contribution in [0.4, 0.5) is 0 Å². The zero-order valence-corrected chi connectivity index (χ0v) is 14.4. The number of Topliss-reactive ketones (excluding diaryl/α,β-unsaturated/α-hetero) is 1. The van der Waals surface area contributed by atoms with Gasteiger partial charge in [-0.25, -0.2) is 14.6 Å². The van der Waals surface area contributed by atoms with Gasteiger partial charge in [0.25, 0.3) is 5.78 Å². The number of benzene rings is 2. The molecule has 0 bridgehead atoms. The van der Waals surface area contributed by atoms with Gasteiger partial charge in [0, 0.05) is 5.39 Å². The highest BCUT2D eigenvalue weighted by Gasteiger charge is 2.21. The number of pyridine rings is 1. The number of esters is 1. The largest absolute Gasteiger partial charge is 0.475 e. The summed E-state index contributed by atoms with van der Waals surface area (Å²) < 4.78 is 4.64. The number of ether oxygens (including phenoxy) is 1. The maximum absolute atomic E-state index is 12.2. The zero-order valence-electron chi connectivity index (χ0n) is 14.4. The molecule has 6 nitrogen and oxygen atoms in total. The van der Waals surface area contributed by atoms with Gasteiger partial charge in [0.05, 0.1) is 29.5 Å². The molecular weight excluding hydrogens is 346 g/mol. The average Bonchev–Trinajstić information content (AvgIpc) is 2.71. The molecule has 0 unspecified atom stereocenters. The monoisotopic (exact) mass is 361 g/mol. The van der Waals surface area contributed by atoms with Crippen LogP contribution in [0.15, 0.2) is 60.7 Å². The number of fused-ring (bicyclic) bond motifs is 1. The molecule has 0 aliphatic carbocycles. The number of rotatable bonds is 5. The standard InChI is InChI=1S/C21H15NO5/c1-27-21(26)15-8-6-13(7-9-15)12-16(19(23)20(24)25)18-11-10-14-4-2-3-5-17(14)22-18/h2-12H,1H3,(H,24,25). The first-order valence-corrected chi connectivity index (χ1v) is 8.03. The van der Waals surface area contributed by atoms with Crippen LogP contribution in [0.2, 0.25) is 0 Å². The van der Waals surface area contributed by atoms with Crippen molar-refractivity contribution in [3.8, 4) is 0 Å². The van der Waals surface area contributed by atoms with Crippen molar-refractivity contribution in [1.29, 1.82) is 0 Å². The van der Waals surface area contributed by atoms with Gasteiger partial charge in [-0.05, 0) is 35.9 Å². The summed E-state index contributed by atoms with van der Waals surface area (Å²) in [6.07, 6.45) is 1.44. The van der Waals surface area contributed by atoms with E-state index in [0.717, 1.165) is 5.39 Å². The number of nitrogens with zero attached hydrogens (tertiary/aromatic N) is 1. The minimum absolute atomic E-state index is 0.0425. The first-order chi connectivity index (χ1) is 13.0. The van der Waals surface area contributed by atoms with E-state index in [4.69, 9.17) is 0 Å². The van der Waals surface area contributed by atoms with E-state index >= 15 is 0 Å². The van der Waals surface area contributed by atoms with Gasteiger partial charge in [0.2, 0.25) is 0 Å². The highest BCUT2D eigenvalue weighted by Crippen LogP contribution is 2.21. The van der Waals surface area contributed by atoms with Gasteiger partial charge in [-0.3, -0.25) is 4.79 Å². The maximum atomic E-state index is 12.2. The second kappa shape index (κ2) is 7.61. The molecule has 134 valence electrons. The predicted molar refractivity (Wildman–Crippen MR) is 100 cm³/mol. The molecule has 0 saturated carbocycles. The van der Waals surface area contributed by atoms with Crippen molar-refractivity contribution in [3.63, 3.8) is 0 Å². The van der Waals surface area contributed by atoms with E-state index < -0.39 is 17.7 Å². The Labute approximate surface area is 154 Å². The fraction of sp³-hybridized carbons (Fsp3) is 0.0476. The SMILES string of the molecule is COC(=O)c1ccc(C=C(C(=O)C(=O)O)c2ccc3ccccc3n2)cc1. The normalized spacial score (nSPS) is 11.2. The highest BCUT2D eigenvalue weighted by molar-refractivity contribution is 6.52. The Morgan fingerprint density at radius 1 is 0.963 bits per heavy atom. The summed E-state index contributed by atoms with van der Waals surface area (Å²) in [5.74, 6) is -3.11. The molecule has 3 rings (SSSR count). The molecular formula is C21H15NO5. The molecule has 0 spiro atoms. The number of hydrogen-bond donors (Lipinski definition) is 1. The van der Waals surface area contributed by atoms with E-state index in [1.165, 1.54) is 25.3 Å². The molecule has 1 N–H and O–H groups in total. The predicted octanol–water partition coefficient (Wildman–Crippen LogP) is 3.22. The smallest absolute Gasteiger partial charge is 0.377 e. The number of para-hydroxylation sites is 1. The number of carboxylic acids is 1. The Bertz CT molecular complexity index is 1070. The lowest BCUT2D eigenvalue weighted by molar-refractivity contribution is -0.146. The summed E-state index contributed by atoms with van der Waals surface area (Å²) in [6.45, 7) is 0. The summed E-state index contributed by atoms with van der Waals surface area (Å²) >= 11 is 0.